The van der Waals surface area contributed by atoms with Crippen LogP contribution < -0.4 is 68.5 Å². The molecular weight excluding hydrogens is 1800 g/mol. The van der Waals surface area contributed by atoms with Crippen molar-refractivity contribution < 1.29 is 145 Å². The van der Waals surface area contributed by atoms with Crippen LogP contribution in [0.5, 0.6) is 0 Å². The minimum atomic E-state index is -5.69. The zero-order chi connectivity index (χ0) is 88.6. The van der Waals surface area contributed by atoms with E-state index in [1.54, 1.807) is 0 Å². The van der Waals surface area contributed by atoms with Gasteiger partial charge in [-0.25, -0.2) is 71.1 Å². The lowest BCUT2D eigenvalue weighted by Crippen LogP contribution is -2.32. The van der Waals surface area contributed by atoms with E-state index < -0.39 is 263 Å². The Balaban J connectivity index is 0.637. The molecule has 15 rings (SSSR count). The number of phosphoric ester groups is 6. The summed E-state index contributed by atoms with van der Waals surface area (Å²) in [6.07, 6.45) is -24.9. The molecule has 5 unspecified atom stereocenters. The van der Waals surface area contributed by atoms with Crippen molar-refractivity contribution in [2.75, 3.05) is 74.0 Å². The summed E-state index contributed by atoms with van der Waals surface area (Å²) in [5.41, 5.74) is 28.7. The first-order chi connectivity index (χ1) is 58.5. The average Bonchev–Trinajstić information content (AvgIpc) is 1.63. The van der Waals surface area contributed by atoms with Crippen LogP contribution in [0.4, 0.5) is 34.9 Å². The van der Waals surface area contributed by atoms with Gasteiger partial charge in [0.25, 0.3) is 0 Å². The highest BCUT2D eigenvalue weighted by Crippen LogP contribution is 2.57. The van der Waals surface area contributed by atoms with Crippen molar-refractivity contribution >= 4 is 115 Å². The highest BCUT2D eigenvalue weighted by molar-refractivity contribution is 7.48. The summed E-state index contributed by atoms with van der Waals surface area (Å²) >= 11 is 0. The number of aromatic nitrogens is 18. The number of fused-ring (bicyclic) bond motifs is 3. The zero-order valence-corrected chi connectivity index (χ0v) is 68.2. The van der Waals surface area contributed by atoms with E-state index in [1.807, 2.05) is 0 Å². The van der Waals surface area contributed by atoms with Crippen molar-refractivity contribution in [3.8, 4) is 0 Å². The van der Waals surface area contributed by atoms with Gasteiger partial charge < -0.3 is 102 Å². The van der Waals surface area contributed by atoms with Crippen LogP contribution >= 0.6 is 46.9 Å². The van der Waals surface area contributed by atoms with Crippen molar-refractivity contribution in [3.63, 3.8) is 0 Å². The van der Waals surface area contributed by atoms with E-state index in [-0.39, 0.29) is 74.8 Å². The zero-order valence-electron chi connectivity index (χ0n) is 62.8. The molecule has 9 aromatic rings. The molecule has 0 radical (unpaired) electrons. The molecule has 9 aromatic heterocycles. The average molecular weight is 1870 g/mol. The van der Waals surface area contributed by atoms with E-state index in [0.29, 0.717) is 0 Å². The van der Waals surface area contributed by atoms with Gasteiger partial charge in [0.15, 0.2) is 16.9 Å². The molecule has 0 saturated carbocycles. The minimum Gasteiger partial charge on any atom is -0.394 e. The number of hydrogen-bond donors (Lipinski definition) is 17. The quantitative estimate of drug-likeness (QED) is 0.0173. The number of aliphatic hydroxyl groups is 1. The van der Waals surface area contributed by atoms with Crippen LogP contribution in [0.1, 0.15) is 75.9 Å². The van der Waals surface area contributed by atoms with Gasteiger partial charge in [-0.15, -0.1) is 0 Å². The summed E-state index contributed by atoms with van der Waals surface area (Å²) in [6, 6.07) is 3.53. The van der Waals surface area contributed by atoms with Crippen molar-refractivity contribution in [2.45, 2.75) is 149 Å². The molecule has 0 bridgehead atoms. The molecule has 674 valence electrons. The Bertz CT molecular complexity index is 6230. The van der Waals surface area contributed by atoms with Crippen LogP contribution in [-0.4, -0.2) is 239 Å². The van der Waals surface area contributed by atoms with Crippen molar-refractivity contribution in [3.05, 3.63) is 119 Å². The third-order valence-electron chi connectivity index (χ3n) is 19.7. The van der Waals surface area contributed by atoms with Gasteiger partial charge in [0.2, 0.25) is 0 Å². The second-order valence-electron chi connectivity index (χ2n) is 28.0. The molecule has 67 heteroatoms. The molecule has 0 aliphatic carbocycles. The molecule has 6 saturated heterocycles. The van der Waals surface area contributed by atoms with Crippen LogP contribution in [0.25, 0.3) is 33.5 Å². The van der Waals surface area contributed by atoms with E-state index in [9.17, 15) is 95.5 Å². The van der Waals surface area contributed by atoms with Gasteiger partial charge in [-0.2, -0.15) is 29.9 Å². The SMILES string of the molecule is Nc1ccn([C@H]2C[C@H](OP(=O)(O)O)[C@@H](COP(=O)(O)O[C@H]3C[C@H](n4ccc(N)nc4=O)O[C@@H]3COP(=O)(O)O[C@H]3C[C@H](n4ccc(N)nc4=O)O[C@@H]3COP(=O)(O)O[C@H]3C[C@H](n4cnc5c(N)[nH]c(=O)nc54)O[C@@H]3COP(=O)(O)O[C@H]3C[C@H](n4cnc5c(N)[nH]c(=O)nc54)O[C@@H]3COP(=O)(O)O[C@H]3C[C@H](n4cnc5c(N)[nH]c(=O)nc54)O[C@@H]3CO)O2)c(=O)n1. The maximum Gasteiger partial charge on any atom is 0.472 e. The lowest BCUT2D eigenvalue weighted by Gasteiger charge is -2.26. The lowest BCUT2D eigenvalue weighted by molar-refractivity contribution is -0.0649. The Labute approximate surface area is 686 Å². The maximum absolute atomic E-state index is 14.5. The Morgan fingerprint density at radius 2 is 0.573 bits per heavy atom. The fraction of sp³-hybridized carbons (Fsp3) is 0.526. The monoisotopic (exact) mass is 1870 g/mol. The molecule has 0 spiro atoms. The summed E-state index contributed by atoms with van der Waals surface area (Å²) in [5, 5.41) is 10.3. The normalized spacial score (nSPS) is 29.2. The van der Waals surface area contributed by atoms with E-state index in [0.717, 1.165) is 55.6 Å². The summed E-state index contributed by atoms with van der Waals surface area (Å²) < 4.78 is 185. The third-order valence-corrected chi connectivity index (χ3v) is 25.3. The Kier molecular flexibility index (Phi) is 25.5. The molecule has 61 nitrogen and oxygen atoms in total. The predicted molar refractivity (Wildman–Crippen MR) is 405 cm³/mol. The number of nitrogen functional groups attached to an aromatic ring is 6. The largest absolute Gasteiger partial charge is 0.472 e. The first-order valence-corrected chi connectivity index (χ1v) is 45.3. The van der Waals surface area contributed by atoms with E-state index >= 15 is 0 Å². The molecule has 23 N–H and O–H groups in total. The molecule has 15 heterocycles. The van der Waals surface area contributed by atoms with Gasteiger partial charge in [0.05, 0.1) is 58.6 Å². The standard InChI is InChI=1S/C57H74N24O37P6/c58-34-1-4-76(55(86)67-34)37-8-23(113-119(89,90)91)29(108-37)14-102-121(94,95)115-24-9-38(77-5-2-35(59)68-56(77)87)109-30(24)15-104-122(96,97)116-25-10-39(78-6-3-36(60)69-57(78)88)110-31(25)16-105-123(98,99)117-27-12-42(81-21-66-45-48(63)72-54(85)75-51(45)81)112-33(27)18-106-124(100,101)118-26-11-41(80-20-65-44-47(62)71-53(84)74-50(44)80)111-32(26)17-103-120(92,93)114-22-7-40(107-28(22)13-82)79-19-64-43-46(61)70-52(83)73-49(43)79/h1-6,19-33,37-42,82H,7-18H2,(H,92,93)(H,94,95)(H,96,97)(H,98,99)(H,100,101)(H2,58,67,86)(H2,59,68,87)(H2,60,69,88)(H2,89,90,91)(H3,61,70,73,83)(H3,62,71,74,84)(H3,63,72,75,85)/t22-,23-,24-,25-,26-,27-,28+,29+,30+,31+,32+,33+,37+,38+,39+,40+,41+,42+/m0/s1. The van der Waals surface area contributed by atoms with Crippen LogP contribution in [0, 0.1) is 0 Å². The lowest BCUT2D eigenvalue weighted by atomic mass is 10.2. The fourth-order valence-corrected chi connectivity index (χ4v) is 19.6. The first kappa shape index (κ1) is 89.7. The van der Waals surface area contributed by atoms with Gasteiger partial charge in [-0.3, -0.25) is 92.1 Å². The molecule has 23 atom stereocenters. The molecule has 6 aliphatic heterocycles. The van der Waals surface area contributed by atoms with E-state index in [4.69, 9.17) is 113 Å². The van der Waals surface area contributed by atoms with Gasteiger partial charge in [-0.05, 0) is 18.2 Å². The number of H-pyrrole nitrogens is 3. The number of nitrogens with one attached hydrogen (secondary N) is 3. The van der Waals surface area contributed by atoms with Crippen LogP contribution in [0.2, 0.25) is 0 Å². The van der Waals surface area contributed by atoms with Gasteiger partial charge in [-0.1, -0.05) is 0 Å². The Morgan fingerprint density at radius 3 is 0.806 bits per heavy atom. The van der Waals surface area contributed by atoms with Crippen LogP contribution in [0.3, 0.4) is 0 Å². The first-order valence-electron chi connectivity index (χ1n) is 36.2. The molecule has 0 amide bonds. The van der Waals surface area contributed by atoms with E-state index in [2.05, 4.69) is 59.8 Å². The Hall–Kier alpha value is -9.13. The number of ether oxygens (including phenoxy) is 6. The smallest absolute Gasteiger partial charge is 0.394 e. The fourth-order valence-electron chi connectivity index (χ4n) is 14.3. The summed E-state index contributed by atoms with van der Waals surface area (Å²) in [5.74, 6) is -1.34. The second kappa shape index (κ2) is 35.2. The van der Waals surface area contributed by atoms with Crippen molar-refractivity contribution in [2.24, 2.45) is 0 Å². The van der Waals surface area contributed by atoms with Gasteiger partial charge >= 0.3 is 81.1 Å². The van der Waals surface area contributed by atoms with Crippen LogP contribution in [-0.2, 0) is 106 Å². The number of phosphoric acid groups is 6. The highest BCUT2D eigenvalue weighted by Gasteiger charge is 2.52. The van der Waals surface area contributed by atoms with Crippen molar-refractivity contribution in [1.29, 1.82) is 0 Å². The predicted octanol–water partition coefficient (Wildman–Crippen LogP) is -3.64. The van der Waals surface area contributed by atoms with E-state index in [1.165, 1.54) is 27.6 Å². The molecule has 6 aliphatic rings. The van der Waals surface area contributed by atoms with Crippen LogP contribution in [0.15, 0.2) is 84.5 Å². The molecular formula is C57H74N24O37P6. The number of anilines is 6. The number of nitrogens with zero attached hydrogens (tertiary/aromatic N) is 15. The van der Waals surface area contributed by atoms with Crippen molar-refractivity contribution in [1.82, 2.24) is 87.2 Å². The molecule has 6 fully saturated rings. The maximum atomic E-state index is 14.5. The minimum absolute atomic E-state index is 0.0452. The number of aromatic amines is 3. The number of imidazole rings is 3. The molecule has 0 aromatic carbocycles. The number of nitrogens with two attached hydrogens (primary N) is 6. The number of aliphatic hydroxyl groups excluding tert-OH is 1. The third kappa shape index (κ3) is 20.4. The highest BCUT2D eigenvalue weighted by atomic mass is 31.2. The Morgan fingerprint density at radius 1 is 0.347 bits per heavy atom. The number of rotatable bonds is 34. The van der Waals surface area contributed by atoms with Gasteiger partial charge in [0.1, 0.15) is 162 Å². The summed E-state index contributed by atoms with van der Waals surface area (Å²) in [7, 11) is -33.1. The molecule has 124 heavy (non-hydrogen) atoms. The summed E-state index contributed by atoms with van der Waals surface area (Å²) in [4.78, 5) is 195. The second-order valence-corrected chi connectivity index (χ2v) is 36.2. The topological polar surface area (TPSA) is 873 Å². The van der Waals surface area contributed by atoms with Gasteiger partial charge in [0, 0.05) is 57.1 Å². The number of hydrogen-bond acceptors (Lipinski definition) is 45. The summed E-state index contributed by atoms with van der Waals surface area (Å²) in [6.45, 7) is -6.33.